The fourth-order valence-corrected chi connectivity index (χ4v) is 7.03. The normalized spacial score (nSPS) is 19.3. The van der Waals surface area contributed by atoms with E-state index in [9.17, 15) is 24.9 Å². The third kappa shape index (κ3) is 29.7. The third-order valence-corrected chi connectivity index (χ3v) is 10.6. The first-order valence-corrected chi connectivity index (χ1v) is 22.5. The van der Waals surface area contributed by atoms with Gasteiger partial charge in [-0.15, -0.1) is 0 Å². The van der Waals surface area contributed by atoms with Gasteiger partial charge in [0.25, 0.3) is 0 Å². The van der Waals surface area contributed by atoms with Crippen LogP contribution in [0.3, 0.4) is 0 Å². The minimum Gasteiger partial charge on any atom is -0.462 e. The number of rotatable bonds is 38. The number of esters is 2. The SMILES string of the molecule is CCCCCCCCCCCCCCCCCC(=O)OC[C@H](CO[C@@H]1OC[C@@H](O)[C@H](O)[C@H]1O)OC(=O)CCCCCCCCCCCCCCCCC. The van der Waals surface area contributed by atoms with E-state index < -0.39 is 30.7 Å². The lowest BCUT2D eigenvalue weighted by atomic mass is 10.0. The predicted octanol–water partition coefficient (Wildman–Crippen LogP) is 10.4. The number of hydrogen-bond acceptors (Lipinski definition) is 9. The summed E-state index contributed by atoms with van der Waals surface area (Å²) in [6.07, 6.45) is 32.0. The number of hydrogen-bond donors (Lipinski definition) is 3. The fourth-order valence-electron chi connectivity index (χ4n) is 7.03. The summed E-state index contributed by atoms with van der Waals surface area (Å²) in [6, 6.07) is 0. The Kier molecular flexibility index (Phi) is 34.2. The molecule has 9 nitrogen and oxygen atoms in total. The van der Waals surface area contributed by atoms with Gasteiger partial charge in [0, 0.05) is 12.8 Å². The molecule has 0 aromatic carbocycles. The van der Waals surface area contributed by atoms with E-state index in [0.29, 0.717) is 6.42 Å². The Morgan fingerprint density at radius 2 is 0.868 bits per heavy atom. The average molecular weight is 757 g/mol. The van der Waals surface area contributed by atoms with Crippen molar-refractivity contribution in [1.82, 2.24) is 0 Å². The van der Waals surface area contributed by atoms with Gasteiger partial charge in [0.2, 0.25) is 0 Å². The van der Waals surface area contributed by atoms with Crippen molar-refractivity contribution in [3.63, 3.8) is 0 Å². The molecule has 0 spiro atoms. The summed E-state index contributed by atoms with van der Waals surface area (Å²) in [7, 11) is 0. The molecule has 0 amide bonds. The van der Waals surface area contributed by atoms with Gasteiger partial charge < -0.3 is 34.3 Å². The number of unbranched alkanes of at least 4 members (excludes halogenated alkanes) is 28. The van der Waals surface area contributed by atoms with Gasteiger partial charge in [-0.05, 0) is 12.8 Å². The van der Waals surface area contributed by atoms with Gasteiger partial charge >= 0.3 is 11.9 Å². The van der Waals surface area contributed by atoms with Crippen LogP contribution in [0.15, 0.2) is 0 Å². The summed E-state index contributed by atoms with van der Waals surface area (Å²) in [4.78, 5) is 25.2. The molecule has 0 aromatic rings. The molecule has 0 aromatic heterocycles. The Bertz CT molecular complexity index is 825. The highest BCUT2D eigenvalue weighted by Crippen LogP contribution is 2.19. The van der Waals surface area contributed by atoms with Crippen molar-refractivity contribution >= 4 is 11.9 Å². The summed E-state index contributed by atoms with van der Waals surface area (Å²) in [5, 5.41) is 29.9. The zero-order chi connectivity index (χ0) is 38.6. The molecule has 9 heteroatoms. The lowest BCUT2D eigenvalue weighted by molar-refractivity contribution is -0.275. The van der Waals surface area contributed by atoms with Crippen LogP contribution in [0.4, 0.5) is 0 Å². The second kappa shape index (κ2) is 36.4. The van der Waals surface area contributed by atoms with E-state index in [2.05, 4.69) is 13.8 Å². The van der Waals surface area contributed by atoms with E-state index in [1.54, 1.807) is 0 Å². The molecule has 314 valence electrons. The van der Waals surface area contributed by atoms with E-state index in [1.165, 1.54) is 154 Å². The summed E-state index contributed by atoms with van der Waals surface area (Å²) in [6.45, 7) is 3.99. The van der Waals surface area contributed by atoms with Crippen LogP contribution in [-0.4, -0.2) is 77.8 Å². The van der Waals surface area contributed by atoms with Crippen LogP contribution < -0.4 is 0 Å². The average Bonchev–Trinajstić information content (AvgIpc) is 3.15. The third-order valence-electron chi connectivity index (χ3n) is 10.6. The molecular weight excluding hydrogens is 672 g/mol. The first-order chi connectivity index (χ1) is 25.9. The number of aliphatic hydroxyl groups is 3. The zero-order valence-corrected chi connectivity index (χ0v) is 34.4. The van der Waals surface area contributed by atoms with E-state index >= 15 is 0 Å². The Morgan fingerprint density at radius 3 is 1.26 bits per heavy atom. The molecule has 3 N–H and O–H groups in total. The first kappa shape index (κ1) is 49.8. The highest BCUT2D eigenvalue weighted by atomic mass is 16.7. The Morgan fingerprint density at radius 1 is 0.509 bits per heavy atom. The summed E-state index contributed by atoms with van der Waals surface area (Å²) >= 11 is 0. The van der Waals surface area contributed by atoms with Crippen LogP contribution in [0.5, 0.6) is 0 Å². The number of carbonyl (C=O) groups is 2. The lowest BCUT2D eigenvalue weighted by Gasteiger charge is -2.35. The smallest absolute Gasteiger partial charge is 0.306 e. The van der Waals surface area contributed by atoms with E-state index in [-0.39, 0.29) is 38.2 Å². The highest BCUT2D eigenvalue weighted by Gasteiger charge is 2.38. The molecule has 53 heavy (non-hydrogen) atoms. The molecule has 0 aliphatic carbocycles. The quantitative estimate of drug-likeness (QED) is 0.0416. The van der Waals surface area contributed by atoms with Crippen LogP contribution in [0.25, 0.3) is 0 Å². The number of ether oxygens (including phenoxy) is 4. The minimum absolute atomic E-state index is 0.157. The minimum atomic E-state index is -1.46. The molecule has 1 rings (SSSR count). The molecule has 0 radical (unpaired) electrons. The molecule has 1 heterocycles. The second-order valence-electron chi connectivity index (χ2n) is 15.8. The maximum atomic E-state index is 12.7. The topological polar surface area (TPSA) is 132 Å². The second-order valence-corrected chi connectivity index (χ2v) is 15.8. The van der Waals surface area contributed by atoms with Crippen LogP contribution in [-0.2, 0) is 28.5 Å². The Balaban J connectivity index is 2.22. The van der Waals surface area contributed by atoms with E-state index in [4.69, 9.17) is 18.9 Å². The van der Waals surface area contributed by atoms with Crippen molar-refractivity contribution in [1.29, 1.82) is 0 Å². The molecular formula is C44H84O9. The van der Waals surface area contributed by atoms with Crippen LogP contribution in [0.2, 0.25) is 0 Å². The van der Waals surface area contributed by atoms with Gasteiger partial charge in [-0.25, -0.2) is 0 Å². The van der Waals surface area contributed by atoms with Gasteiger partial charge in [-0.3, -0.25) is 9.59 Å². The summed E-state index contributed by atoms with van der Waals surface area (Å²) < 4.78 is 22.0. The monoisotopic (exact) mass is 757 g/mol. The molecule has 0 unspecified atom stereocenters. The fraction of sp³-hybridized carbons (Fsp3) is 0.955. The number of carbonyl (C=O) groups excluding carboxylic acids is 2. The van der Waals surface area contributed by atoms with Gasteiger partial charge in [0.1, 0.15) is 24.9 Å². The van der Waals surface area contributed by atoms with Crippen molar-refractivity contribution in [2.75, 3.05) is 19.8 Å². The molecule has 1 saturated heterocycles. The van der Waals surface area contributed by atoms with Crippen LogP contribution in [0, 0.1) is 0 Å². The van der Waals surface area contributed by atoms with Crippen molar-refractivity contribution < 1.29 is 43.9 Å². The molecule has 1 aliphatic heterocycles. The molecule has 1 aliphatic rings. The summed E-state index contributed by atoms with van der Waals surface area (Å²) in [5.74, 6) is -0.719. The predicted molar refractivity (Wildman–Crippen MR) is 214 cm³/mol. The summed E-state index contributed by atoms with van der Waals surface area (Å²) in [5.41, 5.74) is 0. The van der Waals surface area contributed by atoms with Crippen molar-refractivity contribution in [3.8, 4) is 0 Å². The molecule has 0 bridgehead atoms. The molecule has 0 saturated carbocycles. The van der Waals surface area contributed by atoms with E-state index in [1.807, 2.05) is 0 Å². The van der Waals surface area contributed by atoms with Gasteiger partial charge in [-0.2, -0.15) is 0 Å². The lowest BCUT2D eigenvalue weighted by Crippen LogP contribution is -2.54. The Hall–Kier alpha value is -1.26. The zero-order valence-electron chi connectivity index (χ0n) is 34.4. The first-order valence-electron chi connectivity index (χ1n) is 22.5. The van der Waals surface area contributed by atoms with E-state index in [0.717, 1.165) is 38.5 Å². The maximum absolute atomic E-state index is 12.7. The van der Waals surface area contributed by atoms with Crippen molar-refractivity contribution in [2.24, 2.45) is 0 Å². The van der Waals surface area contributed by atoms with Crippen molar-refractivity contribution in [2.45, 2.75) is 250 Å². The number of aliphatic hydroxyl groups excluding tert-OH is 3. The van der Waals surface area contributed by atoms with Gasteiger partial charge in [0.05, 0.1) is 13.2 Å². The maximum Gasteiger partial charge on any atom is 0.306 e. The Labute approximate surface area is 325 Å². The molecule has 1 fully saturated rings. The molecule has 5 atom stereocenters. The van der Waals surface area contributed by atoms with Gasteiger partial charge in [0.15, 0.2) is 12.4 Å². The van der Waals surface area contributed by atoms with Crippen LogP contribution >= 0.6 is 0 Å². The van der Waals surface area contributed by atoms with Gasteiger partial charge in [-0.1, -0.05) is 194 Å². The highest BCUT2D eigenvalue weighted by molar-refractivity contribution is 5.70. The van der Waals surface area contributed by atoms with Crippen molar-refractivity contribution in [3.05, 3.63) is 0 Å². The standard InChI is InChI=1S/C44H84O9/c1-3-5-7-9-11-13-15-17-19-21-23-25-27-29-31-33-40(46)50-35-38(36-51-44-43(49)42(48)39(45)37-52-44)53-41(47)34-32-30-28-26-24-22-20-18-16-14-12-10-8-6-4-2/h38-39,42-45,48-49H,3-37H2,1-2H3/t38-,39-,42+,43-,44-/m1/s1. The van der Waals surface area contributed by atoms with Crippen LogP contribution in [0.1, 0.15) is 219 Å². The largest absolute Gasteiger partial charge is 0.462 e.